The van der Waals surface area contributed by atoms with Crippen LogP contribution in [0.25, 0.3) is 10.9 Å². The predicted molar refractivity (Wildman–Crippen MR) is 98.8 cm³/mol. The quantitative estimate of drug-likeness (QED) is 0.674. The number of aryl methyl sites for hydroxylation is 1. The van der Waals surface area contributed by atoms with Crippen LogP contribution in [-0.4, -0.2) is 34.5 Å². The van der Waals surface area contributed by atoms with E-state index >= 15 is 0 Å². The first-order valence-corrected chi connectivity index (χ1v) is 8.11. The van der Waals surface area contributed by atoms with Crippen LogP contribution >= 0.6 is 0 Å². The van der Waals surface area contributed by atoms with E-state index in [1.165, 1.54) is 18.2 Å². The number of aromatic nitrogens is 1. The van der Waals surface area contributed by atoms with Crippen molar-refractivity contribution in [3.05, 3.63) is 71.4 Å². The van der Waals surface area contributed by atoms with E-state index < -0.39 is 24.5 Å². The molecule has 0 unspecified atom stereocenters. The molecule has 0 aliphatic rings. The fourth-order valence-corrected chi connectivity index (χ4v) is 2.61. The van der Waals surface area contributed by atoms with E-state index in [2.05, 4.69) is 10.3 Å². The fourth-order valence-electron chi connectivity index (χ4n) is 2.61. The fraction of sp³-hybridized carbons (Fsp3) is 0.100. The molecule has 2 aromatic carbocycles. The highest BCUT2D eigenvalue weighted by molar-refractivity contribution is 6.04. The summed E-state index contributed by atoms with van der Waals surface area (Å²) >= 11 is 0. The molecule has 7 heteroatoms. The van der Waals surface area contributed by atoms with Crippen LogP contribution in [0.15, 0.2) is 54.6 Å². The first kappa shape index (κ1) is 18.1. The molecule has 0 saturated heterocycles. The minimum Gasteiger partial charge on any atom is -0.478 e. The minimum absolute atomic E-state index is 0.0449. The maximum atomic E-state index is 12.4. The van der Waals surface area contributed by atoms with Crippen molar-refractivity contribution >= 4 is 34.4 Å². The molecule has 0 spiro atoms. The average molecular weight is 364 g/mol. The number of ether oxygens (including phenoxy) is 1. The van der Waals surface area contributed by atoms with E-state index in [1.807, 2.05) is 6.07 Å². The predicted octanol–water partition coefficient (Wildman–Crippen LogP) is 3.04. The summed E-state index contributed by atoms with van der Waals surface area (Å²) in [4.78, 5) is 39.7. The Morgan fingerprint density at radius 2 is 1.85 bits per heavy atom. The first-order chi connectivity index (χ1) is 12.9. The Balaban J connectivity index is 1.68. The number of carbonyl (C=O) groups is 3. The van der Waals surface area contributed by atoms with Gasteiger partial charge in [0.2, 0.25) is 0 Å². The van der Waals surface area contributed by atoms with Gasteiger partial charge >= 0.3 is 11.9 Å². The van der Waals surface area contributed by atoms with Gasteiger partial charge in [0, 0.05) is 16.8 Å². The van der Waals surface area contributed by atoms with E-state index in [1.54, 1.807) is 37.3 Å². The first-order valence-electron chi connectivity index (χ1n) is 8.11. The lowest BCUT2D eigenvalue weighted by atomic mass is 10.1. The summed E-state index contributed by atoms with van der Waals surface area (Å²) in [5.74, 6) is -2.30. The summed E-state index contributed by atoms with van der Waals surface area (Å²) in [5, 5.41) is 12.1. The van der Waals surface area contributed by atoms with E-state index in [0.29, 0.717) is 27.8 Å². The molecule has 136 valence electrons. The molecule has 0 atom stereocenters. The largest absolute Gasteiger partial charge is 0.478 e. The number of amides is 1. The molecule has 27 heavy (non-hydrogen) atoms. The third-order valence-corrected chi connectivity index (χ3v) is 3.79. The summed E-state index contributed by atoms with van der Waals surface area (Å²) in [6.45, 7) is 1.27. The number of aromatic carboxylic acids is 1. The lowest BCUT2D eigenvalue weighted by Crippen LogP contribution is -2.21. The number of carbonyl (C=O) groups excluding carboxylic acids is 2. The lowest BCUT2D eigenvalue weighted by Gasteiger charge is -2.09. The van der Waals surface area contributed by atoms with Crippen molar-refractivity contribution in [1.29, 1.82) is 0 Å². The summed E-state index contributed by atoms with van der Waals surface area (Å²) in [7, 11) is 0. The number of hydrogen-bond acceptors (Lipinski definition) is 5. The molecule has 1 aromatic heterocycles. The van der Waals surface area contributed by atoms with Gasteiger partial charge in [-0.25, -0.2) is 9.59 Å². The SMILES string of the molecule is Cc1cc(C(=O)OCC(=O)Nc2cccc(C(=O)O)c2)c2ccccc2n1. The van der Waals surface area contributed by atoms with E-state index in [-0.39, 0.29) is 5.56 Å². The van der Waals surface area contributed by atoms with Crippen LogP contribution in [0, 0.1) is 6.92 Å². The molecule has 1 heterocycles. The van der Waals surface area contributed by atoms with Crippen LogP contribution in [-0.2, 0) is 9.53 Å². The number of carboxylic acids is 1. The average Bonchev–Trinajstić information content (AvgIpc) is 2.65. The van der Waals surface area contributed by atoms with Gasteiger partial charge in [-0.3, -0.25) is 9.78 Å². The zero-order valence-electron chi connectivity index (χ0n) is 14.4. The standard InChI is InChI=1S/C20H16N2O5/c1-12-9-16(15-7-2-3-8-17(15)21-12)20(26)27-11-18(23)22-14-6-4-5-13(10-14)19(24)25/h2-10H,11H2,1H3,(H,22,23)(H,24,25). The molecule has 0 saturated carbocycles. The molecule has 3 aromatic rings. The second-order valence-electron chi connectivity index (χ2n) is 5.84. The van der Waals surface area contributed by atoms with Gasteiger partial charge in [-0.2, -0.15) is 0 Å². The summed E-state index contributed by atoms with van der Waals surface area (Å²) < 4.78 is 5.11. The summed E-state index contributed by atoms with van der Waals surface area (Å²) in [6, 6.07) is 14.6. The third kappa shape index (κ3) is 4.27. The summed E-state index contributed by atoms with van der Waals surface area (Å²) in [5.41, 5.74) is 2.01. The van der Waals surface area contributed by atoms with Crippen molar-refractivity contribution in [3.63, 3.8) is 0 Å². The number of nitrogens with zero attached hydrogens (tertiary/aromatic N) is 1. The number of para-hydroxylation sites is 1. The number of esters is 1. The van der Waals surface area contributed by atoms with Crippen molar-refractivity contribution in [3.8, 4) is 0 Å². The number of hydrogen-bond donors (Lipinski definition) is 2. The van der Waals surface area contributed by atoms with Crippen LogP contribution in [0.3, 0.4) is 0 Å². The zero-order valence-corrected chi connectivity index (χ0v) is 14.4. The molecular weight excluding hydrogens is 348 g/mol. The van der Waals surface area contributed by atoms with Crippen LogP contribution in [0.5, 0.6) is 0 Å². The molecule has 3 rings (SSSR count). The Hall–Kier alpha value is -3.74. The lowest BCUT2D eigenvalue weighted by molar-refractivity contribution is -0.119. The van der Waals surface area contributed by atoms with Crippen molar-refractivity contribution in [2.75, 3.05) is 11.9 Å². The topological polar surface area (TPSA) is 106 Å². The number of fused-ring (bicyclic) bond motifs is 1. The van der Waals surface area contributed by atoms with Gasteiger partial charge in [0.25, 0.3) is 5.91 Å². The van der Waals surface area contributed by atoms with Crippen LogP contribution in [0.1, 0.15) is 26.4 Å². The maximum Gasteiger partial charge on any atom is 0.339 e. The Morgan fingerprint density at radius 3 is 2.63 bits per heavy atom. The molecule has 0 fully saturated rings. The molecule has 1 amide bonds. The van der Waals surface area contributed by atoms with Gasteiger partial charge in [-0.15, -0.1) is 0 Å². The van der Waals surface area contributed by atoms with Crippen LogP contribution in [0.2, 0.25) is 0 Å². The molecule has 7 nitrogen and oxygen atoms in total. The van der Waals surface area contributed by atoms with E-state index in [9.17, 15) is 14.4 Å². The number of rotatable bonds is 5. The Bertz CT molecular complexity index is 1050. The van der Waals surface area contributed by atoms with Gasteiger partial charge in [0.05, 0.1) is 16.6 Å². The number of anilines is 1. The van der Waals surface area contributed by atoms with Crippen LogP contribution < -0.4 is 5.32 Å². The Morgan fingerprint density at radius 1 is 1.07 bits per heavy atom. The van der Waals surface area contributed by atoms with Gasteiger partial charge in [-0.05, 0) is 37.3 Å². The maximum absolute atomic E-state index is 12.4. The Kier molecular flexibility index (Phi) is 5.12. The monoisotopic (exact) mass is 364 g/mol. The normalized spacial score (nSPS) is 10.4. The second kappa shape index (κ2) is 7.65. The minimum atomic E-state index is -1.10. The van der Waals surface area contributed by atoms with Crippen LogP contribution in [0.4, 0.5) is 5.69 Å². The molecule has 0 aliphatic heterocycles. The van der Waals surface area contributed by atoms with E-state index in [0.717, 1.165) is 0 Å². The number of carboxylic acid groups (broad SMARTS) is 1. The van der Waals surface area contributed by atoms with Gasteiger partial charge < -0.3 is 15.2 Å². The molecule has 0 bridgehead atoms. The van der Waals surface area contributed by atoms with E-state index in [4.69, 9.17) is 9.84 Å². The number of nitrogens with one attached hydrogen (secondary N) is 1. The number of benzene rings is 2. The highest BCUT2D eigenvalue weighted by Gasteiger charge is 2.15. The van der Waals surface area contributed by atoms with Gasteiger partial charge in [0.15, 0.2) is 6.61 Å². The Labute approximate surface area is 154 Å². The molecule has 0 radical (unpaired) electrons. The smallest absolute Gasteiger partial charge is 0.339 e. The molecule has 2 N–H and O–H groups in total. The van der Waals surface area contributed by atoms with Crippen molar-refractivity contribution < 1.29 is 24.2 Å². The van der Waals surface area contributed by atoms with Crippen molar-refractivity contribution in [2.45, 2.75) is 6.92 Å². The molecule has 0 aliphatic carbocycles. The van der Waals surface area contributed by atoms with Gasteiger partial charge in [-0.1, -0.05) is 24.3 Å². The molecular formula is C20H16N2O5. The van der Waals surface area contributed by atoms with Gasteiger partial charge in [0.1, 0.15) is 0 Å². The summed E-state index contributed by atoms with van der Waals surface area (Å²) in [6.07, 6.45) is 0. The van der Waals surface area contributed by atoms with Crippen molar-refractivity contribution in [2.24, 2.45) is 0 Å². The zero-order chi connectivity index (χ0) is 19.4. The highest BCUT2D eigenvalue weighted by Crippen LogP contribution is 2.19. The highest BCUT2D eigenvalue weighted by atomic mass is 16.5. The third-order valence-electron chi connectivity index (χ3n) is 3.79. The second-order valence-corrected chi connectivity index (χ2v) is 5.84. The van der Waals surface area contributed by atoms with Crippen molar-refractivity contribution in [1.82, 2.24) is 4.98 Å². The number of pyridine rings is 1.